The van der Waals surface area contributed by atoms with Gasteiger partial charge < -0.3 is 0 Å². The number of hydrogen-bond acceptors (Lipinski definition) is 1. The van der Waals surface area contributed by atoms with Gasteiger partial charge in [-0.1, -0.05) is 6.07 Å². The fourth-order valence-corrected chi connectivity index (χ4v) is 1.72. The second-order valence-corrected chi connectivity index (χ2v) is 3.53. The first-order chi connectivity index (χ1) is 6.20. The summed E-state index contributed by atoms with van der Waals surface area (Å²) in [4.78, 5) is 4.34. The van der Waals surface area contributed by atoms with Gasteiger partial charge in [-0.2, -0.15) is 0 Å². The molecule has 0 atom stereocenters. The second-order valence-electron chi connectivity index (χ2n) is 3.53. The van der Waals surface area contributed by atoms with Gasteiger partial charge in [0.15, 0.2) is 0 Å². The summed E-state index contributed by atoms with van der Waals surface area (Å²) in [7, 11) is 0. The summed E-state index contributed by atoms with van der Waals surface area (Å²) < 4.78 is 0. The SMILES string of the molecule is Cc1ccc2nccc(C)c2c1C. The first-order valence-corrected chi connectivity index (χ1v) is 4.51. The van der Waals surface area contributed by atoms with E-state index in [1.165, 1.54) is 22.1 Å². The Morgan fingerprint density at radius 3 is 2.46 bits per heavy atom. The van der Waals surface area contributed by atoms with Crippen molar-refractivity contribution in [3.8, 4) is 0 Å². The molecule has 0 spiro atoms. The maximum Gasteiger partial charge on any atom is 0.0707 e. The van der Waals surface area contributed by atoms with Crippen LogP contribution < -0.4 is 0 Å². The maximum absolute atomic E-state index is 4.34. The van der Waals surface area contributed by atoms with Gasteiger partial charge in [-0.05, 0) is 49.6 Å². The molecule has 0 aliphatic rings. The Morgan fingerprint density at radius 2 is 1.69 bits per heavy atom. The van der Waals surface area contributed by atoms with Crippen LogP contribution in [0.5, 0.6) is 0 Å². The van der Waals surface area contributed by atoms with Crippen molar-refractivity contribution in [1.29, 1.82) is 0 Å². The summed E-state index contributed by atoms with van der Waals surface area (Å²) in [5.74, 6) is 0. The van der Waals surface area contributed by atoms with Crippen LogP contribution in [0.1, 0.15) is 16.7 Å². The Balaban J connectivity index is 2.97. The first kappa shape index (κ1) is 8.24. The van der Waals surface area contributed by atoms with Crippen LogP contribution in [0.15, 0.2) is 24.4 Å². The molecule has 2 aromatic rings. The zero-order chi connectivity index (χ0) is 9.42. The van der Waals surface area contributed by atoms with Crippen molar-refractivity contribution >= 4 is 10.9 Å². The zero-order valence-electron chi connectivity index (χ0n) is 8.26. The highest BCUT2D eigenvalue weighted by atomic mass is 14.6. The highest BCUT2D eigenvalue weighted by Crippen LogP contribution is 2.22. The minimum Gasteiger partial charge on any atom is -0.256 e. The van der Waals surface area contributed by atoms with Crippen molar-refractivity contribution in [2.24, 2.45) is 0 Å². The summed E-state index contributed by atoms with van der Waals surface area (Å²) in [5.41, 5.74) is 5.10. The number of pyridine rings is 1. The lowest BCUT2D eigenvalue weighted by molar-refractivity contribution is 1.31. The Kier molecular flexibility index (Phi) is 1.80. The van der Waals surface area contributed by atoms with Gasteiger partial charge in [0.25, 0.3) is 0 Å². The molecule has 0 fully saturated rings. The molecule has 0 aliphatic heterocycles. The number of rotatable bonds is 0. The van der Waals surface area contributed by atoms with Gasteiger partial charge in [0.05, 0.1) is 5.52 Å². The number of aromatic nitrogens is 1. The lowest BCUT2D eigenvalue weighted by Gasteiger charge is -2.07. The van der Waals surface area contributed by atoms with Crippen LogP contribution in [0.25, 0.3) is 10.9 Å². The first-order valence-electron chi connectivity index (χ1n) is 4.51. The van der Waals surface area contributed by atoms with Crippen LogP contribution in [0.4, 0.5) is 0 Å². The maximum atomic E-state index is 4.34. The lowest BCUT2D eigenvalue weighted by Crippen LogP contribution is -1.88. The minimum absolute atomic E-state index is 1.10. The largest absolute Gasteiger partial charge is 0.256 e. The molecule has 0 unspecified atom stereocenters. The molecule has 2 rings (SSSR count). The van der Waals surface area contributed by atoms with Crippen LogP contribution >= 0.6 is 0 Å². The summed E-state index contributed by atoms with van der Waals surface area (Å²) in [6.07, 6.45) is 1.87. The number of benzene rings is 1. The predicted molar refractivity (Wildman–Crippen MR) is 56.0 cm³/mol. The van der Waals surface area contributed by atoms with E-state index in [2.05, 4.69) is 44.0 Å². The number of fused-ring (bicyclic) bond motifs is 1. The summed E-state index contributed by atoms with van der Waals surface area (Å²) in [5, 5.41) is 1.31. The third-order valence-electron chi connectivity index (χ3n) is 2.65. The fourth-order valence-electron chi connectivity index (χ4n) is 1.72. The van der Waals surface area contributed by atoms with E-state index in [0.717, 1.165) is 5.52 Å². The third kappa shape index (κ3) is 1.21. The number of aryl methyl sites for hydroxylation is 3. The number of nitrogens with zero attached hydrogens (tertiary/aromatic N) is 1. The van der Waals surface area contributed by atoms with E-state index in [0.29, 0.717) is 0 Å². The van der Waals surface area contributed by atoms with E-state index < -0.39 is 0 Å². The summed E-state index contributed by atoms with van der Waals surface area (Å²) in [6, 6.07) is 6.28. The smallest absolute Gasteiger partial charge is 0.0707 e. The molecule has 0 aliphatic carbocycles. The predicted octanol–water partition coefficient (Wildman–Crippen LogP) is 3.16. The van der Waals surface area contributed by atoms with Crippen molar-refractivity contribution in [3.05, 3.63) is 41.1 Å². The Hall–Kier alpha value is -1.37. The molecule has 0 radical (unpaired) electrons. The van der Waals surface area contributed by atoms with Gasteiger partial charge in [-0.15, -0.1) is 0 Å². The van der Waals surface area contributed by atoms with E-state index in [9.17, 15) is 0 Å². The molecule has 0 N–H and O–H groups in total. The fraction of sp³-hybridized carbons (Fsp3) is 0.250. The van der Waals surface area contributed by atoms with Crippen molar-refractivity contribution in [2.75, 3.05) is 0 Å². The van der Waals surface area contributed by atoms with Gasteiger partial charge in [0.2, 0.25) is 0 Å². The molecule has 13 heavy (non-hydrogen) atoms. The van der Waals surface area contributed by atoms with E-state index in [1.54, 1.807) is 0 Å². The molecule has 0 amide bonds. The molecular weight excluding hydrogens is 158 g/mol. The van der Waals surface area contributed by atoms with Gasteiger partial charge >= 0.3 is 0 Å². The van der Waals surface area contributed by atoms with Crippen LogP contribution in [0, 0.1) is 20.8 Å². The van der Waals surface area contributed by atoms with Gasteiger partial charge in [0.1, 0.15) is 0 Å². The van der Waals surface area contributed by atoms with E-state index in [1.807, 2.05) is 6.20 Å². The van der Waals surface area contributed by atoms with Crippen molar-refractivity contribution in [1.82, 2.24) is 4.98 Å². The van der Waals surface area contributed by atoms with Crippen LogP contribution in [0.3, 0.4) is 0 Å². The van der Waals surface area contributed by atoms with Crippen LogP contribution in [-0.4, -0.2) is 4.98 Å². The normalized spacial score (nSPS) is 10.7. The van der Waals surface area contributed by atoms with Gasteiger partial charge in [-0.3, -0.25) is 4.98 Å². The molecule has 1 heteroatoms. The Labute approximate surface area is 78.4 Å². The lowest BCUT2D eigenvalue weighted by atomic mass is 10.0. The van der Waals surface area contributed by atoms with E-state index in [4.69, 9.17) is 0 Å². The summed E-state index contributed by atoms with van der Waals surface area (Å²) >= 11 is 0. The van der Waals surface area contributed by atoms with Crippen molar-refractivity contribution in [2.45, 2.75) is 20.8 Å². The van der Waals surface area contributed by atoms with E-state index in [-0.39, 0.29) is 0 Å². The molecule has 1 aromatic carbocycles. The average Bonchev–Trinajstić information content (AvgIpc) is 2.12. The molecule has 1 heterocycles. The van der Waals surface area contributed by atoms with Crippen molar-refractivity contribution < 1.29 is 0 Å². The molecular formula is C12H13N. The third-order valence-corrected chi connectivity index (χ3v) is 2.65. The molecule has 66 valence electrons. The quantitative estimate of drug-likeness (QED) is 0.593. The average molecular weight is 171 g/mol. The summed E-state index contributed by atoms with van der Waals surface area (Å²) in [6.45, 7) is 6.43. The second kappa shape index (κ2) is 2.84. The number of hydrogen-bond donors (Lipinski definition) is 0. The van der Waals surface area contributed by atoms with E-state index >= 15 is 0 Å². The highest BCUT2D eigenvalue weighted by molar-refractivity contribution is 5.86. The van der Waals surface area contributed by atoms with Crippen LogP contribution in [0.2, 0.25) is 0 Å². The van der Waals surface area contributed by atoms with Crippen molar-refractivity contribution in [3.63, 3.8) is 0 Å². The molecule has 0 saturated carbocycles. The monoisotopic (exact) mass is 171 g/mol. The van der Waals surface area contributed by atoms with Gasteiger partial charge in [0, 0.05) is 11.6 Å². The van der Waals surface area contributed by atoms with Crippen LogP contribution in [-0.2, 0) is 0 Å². The highest BCUT2D eigenvalue weighted by Gasteiger charge is 2.02. The zero-order valence-corrected chi connectivity index (χ0v) is 8.26. The molecule has 1 aromatic heterocycles. The molecule has 0 bridgehead atoms. The Morgan fingerprint density at radius 1 is 0.923 bits per heavy atom. The molecule has 1 nitrogen and oxygen atoms in total. The molecule has 0 saturated heterocycles. The minimum atomic E-state index is 1.10. The topological polar surface area (TPSA) is 12.9 Å². The van der Waals surface area contributed by atoms with Gasteiger partial charge in [-0.25, -0.2) is 0 Å². The Bertz CT molecular complexity index is 458. The standard InChI is InChI=1S/C12H13N/c1-8-4-5-11-12(10(8)3)9(2)6-7-13-11/h4-7H,1-3H3.